The van der Waals surface area contributed by atoms with Crippen molar-refractivity contribution in [3.05, 3.63) is 29.8 Å². The number of aliphatic hydroxyl groups excluding tert-OH is 1. The van der Waals surface area contributed by atoms with Gasteiger partial charge in [-0.25, -0.2) is 0 Å². The predicted octanol–water partition coefficient (Wildman–Crippen LogP) is 1.46. The van der Waals surface area contributed by atoms with E-state index in [1.54, 1.807) is 0 Å². The number of aliphatic hydroxyl groups is 1. The Kier molecular flexibility index (Phi) is 3.87. The van der Waals surface area contributed by atoms with E-state index >= 15 is 0 Å². The fourth-order valence-corrected chi connectivity index (χ4v) is 0.941. The SMILES string of the molecule is CNc1ccc(C#CCCO)cc1. The van der Waals surface area contributed by atoms with Gasteiger partial charge in [0.15, 0.2) is 0 Å². The summed E-state index contributed by atoms with van der Waals surface area (Å²) in [7, 11) is 1.88. The quantitative estimate of drug-likeness (QED) is 0.667. The predicted molar refractivity (Wildman–Crippen MR) is 54.6 cm³/mol. The number of anilines is 1. The maximum absolute atomic E-state index is 8.51. The van der Waals surface area contributed by atoms with E-state index in [2.05, 4.69) is 17.2 Å². The summed E-state index contributed by atoms with van der Waals surface area (Å²) < 4.78 is 0. The molecule has 0 spiro atoms. The normalized spacial score (nSPS) is 8.77. The van der Waals surface area contributed by atoms with Crippen LogP contribution in [0.15, 0.2) is 24.3 Å². The van der Waals surface area contributed by atoms with Crippen molar-refractivity contribution in [2.24, 2.45) is 0 Å². The van der Waals surface area contributed by atoms with E-state index in [1.807, 2.05) is 31.3 Å². The van der Waals surface area contributed by atoms with Crippen molar-refractivity contribution in [1.82, 2.24) is 0 Å². The van der Waals surface area contributed by atoms with E-state index in [1.165, 1.54) is 0 Å². The number of rotatable bonds is 2. The molecule has 0 heterocycles. The van der Waals surface area contributed by atoms with Crippen molar-refractivity contribution in [2.45, 2.75) is 6.42 Å². The molecule has 1 aromatic carbocycles. The monoisotopic (exact) mass is 175 g/mol. The summed E-state index contributed by atoms with van der Waals surface area (Å²) >= 11 is 0. The van der Waals surface area contributed by atoms with E-state index in [-0.39, 0.29) is 6.61 Å². The zero-order chi connectivity index (χ0) is 9.52. The highest BCUT2D eigenvalue weighted by molar-refractivity contribution is 5.47. The van der Waals surface area contributed by atoms with Crippen molar-refractivity contribution < 1.29 is 5.11 Å². The lowest BCUT2D eigenvalue weighted by atomic mass is 10.2. The molecule has 2 heteroatoms. The zero-order valence-corrected chi connectivity index (χ0v) is 7.67. The summed E-state index contributed by atoms with van der Waals surface area (Å²) in [6.45, 7) is 0.127. The summed E-state index contributed by atoms with van der Waals surface area (Å²) in [5.74, 6) is 5.83. The summed E-state index contributed by atoms with van der Waals surface area (Å²) in [6.07, 6.45) is 0.535. The van der Waals surface area contributed by atoms with Gasteiger partial charge in [0.25, 0.3) is 0 Å². The molecule has 0 aliphatic heterocycles. The van der Waals surface area contributed by atoms with Gasteiger partial charge in [-0.3, -0.25) is 0 Å². The van der Waals surface area contributed by atoms with Gasteiger partial charge < -0.3 is 10.4 Å². The molecular weight excluding hydrogens is 162 g/mol. The van der Waals surface area contributed by atoms with Gasteiger partial charge in [-0.15, -0.1) is 0 Å². The third-order valence-corrected chi connectivity index (χ3v) is 1.64. The van der Waals surface area contributed by atoms with Gasteiger partial charge >= 0.3 is 0 Å². The van der Waals surface area contributed by atoms with Crippen LogP contribution in [0.1, 0.15) is 12.0 Å². The first-order valence-electron chi connectivity index (χ1n) is 4.24. The highest BCUT2D eigenvalue weighted by Crippen LogP contribution is 2.06. The number of nitrogens with one attached hydrogen (secondary N) is 1. The van der Waals surface area contributed by atoms with Crippen LogP contribution in [0, 0.1) is 11.8 Å². The molecule has 2 N–H and O–H groups in total. The highest BCUT2D eigenvalue weighted by atomic mass is 16.2. The first-order valence-corrected chi connectivity index (χ1v) is 4.24. The van der Waals surface area contributed by atoms with Crippen molar-refractivity contribution in [3.8, 4) is 11.8 Å². The van der Waals surface area contributed by atoms with Gasteiger partial charge in [0.2, 0.25) is 0 Å². The van der Waals surface area contributed by atoms with Gasteiger partial charge in [-0.05, 0) is 24.3 Å². The molecule has 68 valence electrons. The van der Waals surface area contributed by atoms with Gasteiger partial charge in [0, 0.05) is 24.7 Å². The maximum Gasteiger partial charge on any atom is 0.0540 e. The van der Waals surface area contributed by atoms with Crippen LogP contribution in [-0.2, 0) is 0 Å². The maximum atomic E-state index is 8.51. The second-order valence-electron chi connectivity index (χ2n) is 2.60. The molecule has 0 saturated carbocycles. The van der Waals surface area contributed by atoms with E-state index in [9.17, 15) is 0 Å². The molecule has 0 unspecified atom stereocenters. The molecule has 0 aliphatic rings. The smallest absolute Gasteiger partial charge is 0.0540 e. The summed E-state index contributed by atoms with van der Waals surface area (Å²) in [5, 5.41) is 11.5. The Labute approximate surface area is 78.6 Å². The molecule has 2 nitrogen and oxygen atoms in total. The van der Waals surface area contributed by atoms with E-state index in [4.69, 9.17) is 5.11 Å². The first kappa shape index (κ1) is 9.63. The Morgan fingerprint density at radius 2 is 2.00 bits per heavy atom. The van der Waals surface area contributed by atoms with Gasteiger partial charge in [-0.1, -0.05) is 11.8 Å². The van der Waals surface area contributed by atoms with Crippen LogP contribution in [0.3, 0.4) is 0 Å². The van der Waals surface area contributed by atoms with Crippen LogP contribution in [-0.4, -0.2) is 18.8 Å². The summed E-state index contributed by atoms with van der Waals surface area (Å²) in [6, 6.07) is 7.86. The summed E-state index contributed by atoms with van der Waals surface area (Å²) in [5.41, 5.74) is 2.06. The lowest BCUT2D eigenvalue weighted by Gasteiger charge is -1.97. The standard InChI is InChI=1S/C11H13NO/c1-12-11-7-5-10(6-8-11)4-2-3-9-13/h5-8,12-13H,3,9H2,1H3. The Balaban J connectivity index is 2.65. The first-order chi connectivity index (χ1) is 6.36. The number of hydrogen-bond acceptors (Lipinski definition) is 2. The van der Waals surface area contributed by atoms with Crippen molar-refractivity contribution in [2.75, 3.05) is 19.0 Å². The number of benzene rings is 1. The Morgan fingerprint density at radius 3 is 2.54 bits per heavy atom. The van der Waals surface area contributed by atoms with Crippen LogP contribution >= 0.6 is 0 Å². The lowest BCUT2D eigenvalue weighted by Crippen LogP contribution is -1.86. The summed E-state index contributed by atoms with van der Waals surface area (Å²) in [4.78, 5) is 0. The molecule has 0 atom stereocenters. The minimum Gasteiger partial charge on any atom is -0.395 e. The van der Waals surface area contributed by atoms with Gasteiger partial charge in [0.1, 0.15) is 0 Å². The average Bonchev–Trinajstić information content (AvgIpc) is 2.19. The minimum atomic E-state index is 0.127. The molecule has 1 rings (SSSR count). The fraction of sp³-hybridized carbons (Fsp3) is 0.273. The Bertz CT molecular complexity index is 305. The molecular formula is C11H13NO. The van der Waals surface area contributed by atoms with E-state index < -0.39 is 0 Å². The van der Waals surface area contributed by atoms with Gasteiger partial charge in [-0.2, -0.15) is 0 Å². The molecule has 0 aliphatic carbocycles. The van der Waals surface area contributed by atoms with Crippen molar-refractivity contribution in [3.63, 3.8) is 0 Å². The molecule has 0 fully saturated rings. The Hall–Kier alpha value is -1.46. The van der Waals surface area contributed by atoms with Crippen LogP contribution in [0.5, 0.6) is 0 Å². The zero-order valence-electron chi connectivity index (χ0n) is 7.67. The van der Waals surface area contributed by atoms with E-state index in [0.717, 1.165) is 11.3 Å². The average molecular weight is 175 g/mol. The van der Waals surface area contributed by atoms with E-state index in [0.29, 0.717) is 6.42 Å². The number of hydrogen-bond donors (Lipinski definition) is 2. The molecule has 0 saturated heterocycles. The van der Waals surface area contributed by atoms with Gasteiger partial charge in [0.05, 0.1) is 6.61 Å². The molecule has 0 aromatic heterocycles. The van der Waals surface area contributed by atoms with Crippen molar-refractivity contribution >= 4 is 5.69 Å². The lowest BCUT2D eigenvalue weighted by molar-refractivity contribution is 0.305. The molecule has 0 radical (unpaired) electrons. The van der Waals surface area contributed by atoms with Crippen LogP contribution in [0.4, 0.5) is 5.69 Å². The largest absolute Gasteiger partial charge is 0.395 e. The van der Waals surface area contributed by atoms with Crippen molar-refractivity contribution in [1.29, 1.82) is 0 Å². The second-order valence-corrected chi connectivity index (χ2v) is 2.60. The molecule has 1 aromatic rings. The third-order valence-electron chi connectivity index (χ3n) is 1.64. The molecule has 0 amide bonds. The second kappa shape index (κ2) is 5.23. The molecule has 13 heavy (non-hydrogen) atoms. The van der Waals surface area contributed by atoms with Crippen LogP contribution < -0.4 is 5.32 Å². The minimum absolute atomic E-state index is 0.127. The van der Waals surface area contributed by atoms with Crippen LogP contribution in [0.25, 0.3) is 0 Å². The topological polar surface area (TPSA) is 32.3 Å². The molecule has 0 bridgehead atoms. The third kappa shape index (κ3) is 3.18. The highest BCUT2D eigenvalue weighted by Gasteiger charge is 1.87. The fourth-order valence-electron chi connectivity index (χ4n) is 0.941. The van der Waals surface area contributed by atoms with Crippen LogP contribution in [0.2, 0.25) is 0 Å². The Morgan fingerprint density at radius 1 is 1.31 bits per heavy atom.